The fourth-order valence-corrected chi connectivity index (χ4v) is 3.97. The lowest BCUT2D eigenvalue weighted by atomic mass is 9.90. The molecule has 0 aromatic heterocycles. The summed E-state index contributed by atoms with van der Waals surface area (Å²) in [6, 6.07) is 0.688. The van der Waals surface area contributed by atoms with E-state index in [1.54, 1.807) is 0 Å². The molecular weight excluding hydrogens is 258 g/mol. The maximum absolute atomic E-state index is 3.83. The predicted octanol–water partition coefficient (Wildman–Crippen LogP) is 2.82. The molecule has 0 aromatic rings. The average molecular weight is 296 g/mol. The zero-order valence-corrected chi connectivity index (χ0v) is 14.6. The number of piperidine rings is 2. The van der Waals surface area contributed by atoms with Crippen LogP contribution in [0.1, 0.15) is 52.9 Å². The van der Waals surface area contributed by atoms with Crippen molar-refractivity contribution in [3.63, 3.8) is 0 Å². The lowest BCUT2D eigenvalue weighted by molar-refractivity contribution is 0.162. The largest absolute Gasteiger partial charge is 0.314 e. The van der Waals surface area contributed by atoms with Crippen LogP contribution in [0.2, 0.25) is 0 Å². The van der Waals surface area contributed by atoms with Gasteiger partial charge < -0.3 is 15.1 Å². The van der Waals surface area contributed by atoms with Crippen LogP contribution >= 0.6 is 0 Å². The molecule has 0 aromatic carbocycles. The Kier molecular flexibility index (Phi) is 7.48. The van der Waals surface area contributed by atoms with Gasteiger partial charge in [0.15, 0.2) is 0 Å². The lowest BCUT2D eigenvalue weighted by Crippen LogP contribution is -2.44. The van der Waals surface area contributed by atoms with Gasteiger partial charge in [0.05, 0.1) is 0 Å². The molecular formula is C18H37N3. The molecule has 0 saturated carbocycles. The second kappa shape index (κ2) is 9.12. The van der Waals surface area contributed by atoms with Crippen LogP contribution in [-0.2, 0) is 0 Å². The van der Waals surface area contributed by atoms with E-state index in [0.29, 0.717) is 6.04 Å². The van der Waals surface area contributed by atoms with Gasteiger partial charge in [0.25, 0.3) is 0 Å². The summed E-state index contributed by atoms with van der Waals surface area (Å²) in [5.74, 6) is 1.66. The van der Waals surface area contributed by atoms with Crippen molar-refractivity contribution >= 4 is 0 Å². The second-order valence-corrected chi connectivity index (χ2v) is 7.44. The van der Waals surface area contributed by atoms with Gasteiger partial charge >= 0.3 is 0 Å². The van der Waals surface area contributed by atoms with E-state index in [1.165, 1.54) is 77.9 Å². The molecule has 3 heteroatoms. The molecule has 0 spiro atoms. The summed E-state index contributed by atoms with van der Waals surface area (Å²) < 4.78 is 0. The first-order valence-corrected chi connectivity index (χ1v) is 9.37. The highest BCUT2D eigenvalue weighted by atomic mass is 15.1. The fraction of sp³-hybridized carbons (Fsp3) is 1.00. The summed E-state index contributed by atoms with van der Waals surface area (Å²) in [6.07, 6.45) is 7.01. The topological polar surface area (TPSA) is 18.5 Å². The van der Waals surface area contributed by atoms with Crippen molar-refractivity contribution in [2.24, 2.45) is 11.8 Å². The van der Waals surface area contributed by atoms with Crippen LogP contribution in [0.4, 0.5) is 0 Å². The molecule has 2 aliphatic heterocycles. The van der Waals surface area contributed by atoms with Gasteiger partial charge in [-0.15, -0.1) is 0 Å². The Bertz CT molecular complexity index is 268. The zero-order chi connectivity index (χ0) is 15.1. The van der Waals surface area contributed by atoms with Crippen LogP contribution in [0.25, 0.3) is 0 Å². The first-order chi connectivity index (χ1) is 10.2. The van der Waals surface area contributed by atoms with Crippen LogP contribution < -0.4 is 5.32 Å². The van der Waals surface area contributed by atoms with E-state index in [0.717, 1.165) is 11.8 Å². The van der Waals surface area contributed by atoms with E-state index >= 15 is 0 Å². The summed E-state index contributed by atoms with van der Waals surface area (Å²) in [4.78, 5) is 5.25. The molecule has 0 amide bonds. The number of nitrogens with zero attached hydrogens (tertiary/aromatic N) is 2. The Morgan fingerprint density at radius 3 is 2.24 bits per heavy atom. The molecule has 2 unspecified atom stereocenters. The molecule has 2 aliphatic rings. The fourth-order valence-electron chi connectivity index (χ4n) is 3.97. The zero-order valence-electron chi connectivity index (χ0n) is 14.6. The standard InChI is InChI=1S/C18H37N3/c1-4-20-12-8-18(9-13-20)17(3)19-14-16(2)15-21-10-6-5-7-11-21/h16-19H,4-15H2,1-3H3. The van der Waals surface area contributed by atoms with Crippen molar-refractivity contribution in [3.8, 4) is 0 Å². The van der Waals surface area contributed by atoms with Gasteiger partial charge in [-0.05, 0) is 83.7 Å². The van der Waals surface area contributed by atoms with Crippen LogP contribution in [0, 0.1) is 11.8 Å². The highest BCUT2D eigenvalue weighted by molar-refractivity contribution is 4.80. The van der Waals surface area contributed by atoms with Crippen molar-refractivity contribution in [1.29, 1.82) is 0 Å². The van der Waals surface area contributed by atoms with Gasteiger partial charge in [-0.2, -0.15) is 0 Å². The SMILES string of the molecule is CCN1CCC(C(C)NCC(C)CN2CCCCC2)CC1. The Morgan fingerprint density at radius 2 is 1.62 bits per heavy atom. The molecule has 1 N–H and O–H groups in total. The minimum Gasteiger partial charge on any atom is -0.314 e. The molecule has 2 heterocycles. The first kappa shape index (κ1) is 17.2. The summed E-state index contributed by atoms with van der Waals surface area (Å²) in [6.45, 7) is 16.1. The quantitative estimate of drug-likeness (QED) is 0.779. The molecule has 0 bridgehead atoms. The Labute approximate surface area is 132 Å². The summed E-state index contributed by atoms with van der Waals surface area (Å²) >= 11 is 0. The molecule has 0 aliphatic carbocycles. The van der Waals surface area contributed by atoms with Gasteiger partial charge in [-0.3, -0.25) is 0 Å². The molecule has 2 fully saturated rings. The van der Waals surface area contributed by atoms with E-state index in [4.69, 9.17) is 0 Å². The van der Waals surface area contributed by atoms with Crippen molar-refractivity contribution in [2.45, 2.75) is 58.9 Å². The van der Waals surface area contributed by atoms with Gasteiger partial charge in [-0.1, -0.05) is 20.3 Å². The van der Waals surface area contributed by atoms with Gasteiger partial charge in [0.2, 0.25) is 0 Å². The third-order valence-corrected chi connectivity index (χ3v) is 5.59. The summed E-state index contributed by atoms with van der Waals surface area (Å²) in [5, 5.41) is 3.83. The Balaban J connectivity index is 1.60. The smallest absolute Gasteiger partial charge is 0.00680 e. The maximum atomic E-state index is 3.83. The third kappa shape index (κ3) is 5.88. The average Bonchev–Trinajstić information content (AvgIpc) is 2.53. The Morgan fingerprint density at radius 1 is 0.952 bits per heavy atom. The summed E-state index contributed by atoms with van der Waals surface area (Å²) in [7, 11) is 0. The van der Waals surface area contributed by atoms with E-state index in [1.807, 2.05) is 0 Å². The number of hydrogen-bond donors (Lipinski definition) is 1. The van der Waals surface area contributed by atoms with Gasteiger partial charge in [0.1, 0.15) is 0 Å². The molecule has 21 heavy (non-hydrogen) atoms. The maximum Gasteiger partial charge on any atom is 0.00680 e. The van der Waals surface area contributed by atoms with Crippen molar-refractivity contribution in [3.05, 3.63) is 0 Å². The molecule has 0 radical (unpaired) electrons. The monoisotopic (exact) mass is 295 g/mol. The van der Waals surface area contributed by atoms with Crippen molar-refractivity contribution < 1.29 is 0 Å². The van der Waals surface area contributed by atoms with Crippen molar-refractivity contribution in [2.75, 3.05) is 45.8 Å². The van der Waals surface area contributed by atoms with Crippen LogP contribution in [0.15, 0.2) is 0 Å². The minimum absolute atomic E-state index is 0.688. The molecule has 124 valence electrons. The number of likely N-dealkylation sites (tertiary alicyclic amines) is 2. The Hall–Kier alpha value is -0.120. The third-order valence-electron chi connectivity index (χ3n) is 5.59. The normalized spacial score (nSPS) is 25.9. The van der Waals surface area contributed by atoms with E-state index < -0.39 is 0 Å². The first-order valence-electron chi connectivity index (χ1n) is 9.37. The minimum atomic E-state index is 0.688. The van der Waals surface area contributed by atoms with Crippen LogP contribution in [0.3, 0.4) is 0 Å². The van der Waals surface area contributed by atoms with E-state index in [9.17, 15) is 0 Å². The van der Waals surface area contributed by atoms with Crippen molar-refractivity contribution in [1.82, 2.24) is 15.1 Å². The van der Waals surface area contributed by atoms with E-state index in [2.05, 4.69) is 35.9 Å². The number of nitrogens with one attached hydrogen (secondary N) is 1. The lowest BCUT2D eigenvalue weighted by Gasteiger charge is -2.35. The molecule has 3 nitrogen and oxygen atoms in total. The second-order valence-electron chi connectivity index (χ2n) is 7.44. The van der Waals surface area contributed by atoms with Crippen LogP contribution in [0.5, 0.6) is 0 Å². The summed E-state index contributed by atoms with van der Waals surface area (Å²) in [5.41, 5.74) is 0. The highest BCUT2D eigenvalue weighted by Crippen LogP contribution is 2.20. The van der Waals surface area contributed by atoms with Crippen LogP contribution in [-0.4, -0.2) is 61.7 Å². The molecule has 2 atom stereocenters. The predicted molar refractivity (Wildman–Crippen MR) is 91.8 cm³/mol. The van der Waals surface area contributed by atoms with Gasteiger partial charge in [-0.25, -0.2) is 0 Å². The number of hydrogen-bond acceptors (Lipinski definition) is 3. The molecule has 2 saturated heterocycles. The highest BCUT2D eigenvalue weighted by Gasteiger charge is 2.23. The molecule has 2 rings (SSSR count). The number of rotatable bonds is 7. The van der Waals surface area contributed by atoms with Gasteiger partial charge in [0, 0.05) is 12.6 Å². The van der Waals surface area contributed by atoms with E-state index in [-0.39, 0.29) is 0 Å².